The molecule has 0 fully saturated rings. The molecule has 1 amide bonds. The van der Waals surface area contributed by atoms with Crippen LogP contribution in [0.5, 0.6) is 0 Å². The summed E-state index contributed by atoms with van der Waals surface area (Å²) in [4.78, 5) is 12.8. The van der Waals surface area contributed by atoms with Gasteiger partial charge in [-0.15, -0.1) is 10.2 Å². The van der Waals surface area contributed by atoms with E-state index in [0.29, 0.717) is 15.2 Å². The third-order valence-corrected chi connectivity index (χ3v) is 6.20. The monoisotopic (exact) mass is 448 g/mol. The minimum Gasteiger partial charge on any atom is -0.349 e. The van der Waals surface area contributed by atoms with Crippen molar-refractivity contribution in [3.8, 4) is 5.69 Å². The van der Waals surface area contributed by atoms with Gasteiger partial charge in [-0.05, 0) is 57.0 Å². The second-order valence-electron chi connectivity index (χ2n) is 6.81. The molecule has 8 heteroatoms. The van der Waals surface area contributed by atoms with E-state index >= 15 is 0 Å². The van der Waals surface area contributed by atoms with Crippen molar-refractivity contribution < 1.29 is 4.79 Å². The lowest BCUT2D eigenvalue weighted by Gasteiger charge is -2.19. The third kappa shape index (κ3) is 4.94. The number of halogens is 2. The van der Waals surface area contributed by atoms with Crippen molar-refractivity contribution in [2.75, 3.05) is 0 Å². The number of aromatic nitrogens is 3. The summed E-state index contributed by atoms with van der Waals surface area (Å²) < 4.78 is 1.98. The lowest BCUT2D eigenvalue weighted by molar-refractivity contribution is -0.120. The van der Waals surface area contributed by atoms with Gasteiger partial charge in [0.05, 0.1) is 17.0 Å². The minimum atomic E-state index is -0.366. The maximum Gasteiger partial charge on any atom is 0.233 e. The second-order valence-corrected chi connectivity index (χ2v) is 8.96. The number of carbonyl (C=O) groups excluding carboxylic acids is 1. The van der Waals surface area contributed by atoms with Gasteiger partial charge in [-0.3, -0.25) is 9.36 Å². The predicted octanol–water partition coefficient (Wildman–Crippen LogP) is 5.55. The van der Waals surface area contributed by atoms with Crippen LogP contribution in [-0.4, -0.2) is 25.9 Å². The zero-order valence-electron chi connectivity index (χ0n) is 16.6. The third-order valence-electron chi connectivity index (χ3n) is 4.59. The van der Waals surface area contributed by atoms with Crippen LogP contribution in [-0.2, 0) is 4.79 Å². The van der Waals surface area contributed by atoms with Gasteiger partial charge in [-0.2, -0.15) is 0 Å². The maximum absolute atomic E-state index is 12.8. The molecule has 152 valence electrons. The van der Waals surface area contributed by atoms with Gasteiger partial charge >= 0.3 is 0 Å². The van der Waals surface area contributed by atoms with E-state index in [1.54, 1.807) is 12.1 Å². The van der Waals surface area contributed by atoms with E-state index in [2.05, 4.69) is 15.5 Å². The molecule has 0 aliphatic carbocycles. The normalized spacial score (nSPS) is 13.2. The van der Waals surface area contributed by atoms with Crippen molar-refractivity contribution >= 4 is 40.9 Å². The summed E-state index contributed by atoms with van der Waals surface area (Å²) in [6, 6.07) is 13.0. The van der Waals surface area contributed by atoms with Gasteiger partial charge < -0.3 is 5.32 Å². The Morgan fingerprint density at radius 1 is 1.10 bits per heavy atom. The highest BCUT2D eigenvalue weighted by Gasteiger charge is 2.22. The molecule has 5 nitrogen and oxygen atoms in total. The van der Waals surface area contributed by atoms with Gasteiger partial charge in [0.2, 0.25) is 5.91 Å². The molecule has 2 aromatic carbocycles. The summed E-state index contributed by atoms with van der Waals surface area (Å²) in [5.41, 5.74) is 2.94. The number of carbonyl (C=O) groups is 1. The van der Waals surface area contributed by atoms with Gasteiger partial charge in [0.15, 0.2) is 5.16 Å². The lowest BCUT2D eigenvalue weighted by Crippen LogP contribution is -2.33. The van der Waals surface area contributed by atoms with Crippen molar-refractivity contribution in [2.24, 2.45) is 0 Å². The highest BCUT2D eigenvalue weighted by atomic mass is 35.5. The Bertz CT molecular complexity index is 1040. The van der Waals surface area contributed by atoms with Crippen LogP contribution in [0, 0.1) is 13.8 Å². The number of thioether (sulfide) groups is 1. The Balaban J connectivity index is 1.75. The highest BCUT2D eigenvalue weighted by Crippen LogP contribution is 2.29. The summed E-state index contributed by atoms with van der Waals surface area (Å²) in [6.45, 7) is 7.68. The molecule has 0 saturated heterocycles. The smallest absolute Gasteiger partial charge is 0.233 e. The summed E-state index contributed by atoms with van der Waals surface area (Å²) in [6.07, 6.45) is 0. The van der Waals surface area contributed by atoms with E-state index in [4.69, 9.17) is 23.2 Å². The molecule has 0 unspecified atom stereocenters. The maximum atomic E-state index is 12.8. The van der Waals surface area contributed by atoms with Crippen molar-refractivity contribution in [2.45, 2.75) is 44.1 Å². The molecule has 2 atom stereocenters. The van der Waals surface area contributed by atoms with Crippen LogP contribution < -0.4 is 5.32 Å². The first kappa shape index (κ1) is 21.7. The average Bonchev–Trinajstić information content (AvgIpc) is 3.02. The molecule has 1 heterocycles. The number of benzene rings is 2. The van der Waals surface area contributed by atoms with Gasteiger partial charge in [0.1, 0.15) is 5.82 Å². The first-order valence-electron chi connectivity index (χ1n) is 9.18. The van der Waals surface area contributed by atoms with Crippen LogP contribution in [0.2, 0.25) is 10.0 Å². The zero-order valence-corrected chi connectivity index (χ0v) is 18.9. The Morgan fingerprint density at radius 2 is 1.83 bits per heavy atom. The number of amides is 1. The van der Waals surface area contributed by atoms with Crippen LogP contribution in [0.25, 0.3) is 5.69 Å². The fraction of sp³-hybridized carbons (Fsp3) is 0.286. The van der Waals surface area contributed by atoms with Crippen LogP contribution in [0.1, 0.15) is 36.8 Å². The van der Waals surface area contributed by atoms with Crippen molar-refractivity contribution in [1.29, 1.82) is 0 Å². The first-order valence-corrected chi connectivity index (χ1v) is 10.8. The quantitative estimate of drug-likeness (QED) is 0.502. The van der Waals surface area contributed by atoms with Crippen LogP contribution in [0.4, 0.5) is 0 Å². The number of hydrogen-bond acceptors (Lipinski definition) is 4. The fourth-order valence-electron chi connectivity index (χ4n) is 2.98. The van der Waals surface area contributed by atoms with E-state index in [1.807, 2.05) is 62.6 Å². The van der Waals surface area contributed by atoms with E-state index in [9.17, 15) is 4.79 Å². The predicted molar refractivity (Wildman–Crippen MR) is 119 cm³/mol. The SMILES string of the molecule is Cc1ccccc1-n1c(C)nnc1S[C@H](C)C(=O)N[C@@H](C)c1ccc(Cl)cc1Cl. The van der Waals surface area contributed by atoms with Crippen LogP contribution in [0.15, 0.2) is 47.6 Å². The zero-order chi connectivity index (χ0) is 21.1. The molecule has 0 bridgehead atoms. The number of aryl methyl sites for hydroxylation is 2. The van der Waals surface area contributed by atoms with Gasteiger partial charge in [0, 0.05) is 10.0 Å². The lowest BCUT2D eigenvalue weighted by atomic mass is 10.1. The number of nitrogens with one attached hydrogen (secondary N) is 1. The number of para-hydroxylation sites is 1. The Labute approximate surface area is 184 Å². The summed E-state index contributed by atoms with van der Waals surface area (Å²) in [5, 5.41) is 12.9. The highest BCUT2D eigenvalue weighted by molar-refractivity contribution is 8.00. The molecular formula is C21H22Cl2N4OS. The molecule has 1 aromatic heterocycles. The minimum absolute atomic E-state index is 0.106. The van der Waals surface area contributed by atoms with Gasteiger partial charge in [-0.25, -0.2) is 0 Å². The Kier molecular flexibility index (Phi) is 6.88. The summed E-state index contributed by atoms with van der Waals surface area (Å²) in [5.74, 6) is 0.668. The molecule has 3 rings (SSSR count). The number of nitrogens with zero attached hydrogens (tertiary/aromatic N) is 3. The van der Waals surface area contributed by atoms with Crippen LogP contribution in [0.3, 0.4) is 0 Å². The topological polar surface area (TPSA) is 59.8 Å². The Hall–Kier alpha value is -2.02. The molecule has 0 aliphatic rings. The average molecular weight is 449 g/mol. The fourth-order valence-corrected chi connectivity index (χ4v) is 4.47. The van der Waals surface area contributed by atoms with E-state index in [-0.39, 0.29) is 17.2 Å². The summed E-state index contributed by atoms with van der Waals surface area (Å²) >= 11 is 13.6. The summed E-state index contributed by atoms with van der Waals surface area (Å²) in [7, 11) is 0. The molecule has 3 aromatic rings. The molecule has 0 saturated carbocycles. The molecule has 29 heavy (non-hydrogen) atoms. The molecular weight excluding hydrogens is 427 g/mol. The molecule has 1 N–H and O–H groups in total. The second kappa shape index (κ2) is 9.20. The van der Waals surface area contributed by atoms with Crippen LogP contribution >= 0.6 is 35.0 Å². The van der Waals surface area contributed by atoms with Gasteiger partial charge in [0.25, 0.3) is 0 Å². The largest absolute Gasteiger partial charge is 0.349 e. The standard InChI is InChI=1S/C21H22Cl2N4OS/c1-12-7-5-6-8-19(12)27-15(4)25-26-21(27)29-14(3)20(28)24-13(2)17-10-9-16(22)11-18(17)23/h5-11,13-14H,1-4H3,(H,24,28)/t13-,14+/m0/s1. The van der Waals surface area contributed by atoms with E-state index in [1.165, 1.54) is 11.8 Å². The molecule has 0 radical (unpaired) electrons. The molecule has 0 spiro atoms. The van der Waals surface area contributed by atoms with E-state index < -0.39 is 0 Å². The number of hydrogen-bond donors (Lipinski definition) is 1. The van der Waals surface area contributed by atoms with Gasteiger partial charge in [-0.1, -0.05) is 59.2 Å². The van der Waals surface area contributed by atoms with Crippen molar-refractivity contribution in [3.05, 3.63) is 69.5 Å². The number of rotatable bonds is 6. The van der Waals surface area contributed by atoms with E-state index in [0.717, 1.165) is 22.6 Å². The molecule has 0 aliphatic heterocycles. The van der Waals surface area contributed by atoms with Crippen molar-refractivity contribution in [1.82, 2.24) is 20.1 Å². The van der Waals surface area contributed by atoms with Crippen molar-refractivity contribution in [3.63, 3.8) is 0 Å². The Morgan fingerprint density at radius 3 is 2.52 bits per heavy atom. The first-order chi connectivity index (χ1) is 13.8.